The summed E-state index contributed by atoms with van der Waals surface area (Å²) in [4.78, 5) is 12.3. The predicted molar refractivity (Wildman–Crippen MR) is 116 cm³/mol. The molecular weight excluding hydrogens is 398 g/mol. The molecule has 9 nitrogen and oxygen atoms in total. The van der Waals surface area contributed by atoms with E-state index in [-0.39, 0.29) is 6.04 Å². The van der Waals surface area contributed by atoms with Crippen molar-refractivity contribution in [2.45, 2.75) is 38.5 Å². The number of morpholine rings is 1. The molecule has 2 aliphatic rings. The fourth-order valence-electron chi connectivity index (χ4n) is 4.33. The number of hydrogen-bond donors (Lipinski definition) is 1. The third-order valence-corrected chi connectivity index (χ3v) is 6.20. The molecule has 0 amide bonds. The van der Waals surface area contributed by atoms with Crippen molar-refractivity contribution in [1.29, 1.82) is 0 Å². The fourth-order valence-corrected chi connectivity index (χ4v) is 4.33. The van der Waals surface area contributed by atoms with Gasteiger partial charge in [0, 0.05) is 37.8 Å². The van der Waals surface area contributed by atoms with Crippen LogP contribution in [0.3, 0.4) is 0 Å². The number of nitrogens with zero attached hydrogens (tertiary/aromatic N) is 4. The van der Waals surface area contributed by atoms with Crippen molar-refractivity contribution >= 4 is 22.6 Å². The summed E-state index contributed by atoms with van der Waals surface area (Å²) in [6.07, 6.45) is 0.711. The summed E-state index contributed by atoms with van der Waals surface area (Å²) in [5.41, 5.74) is 8.75. The molecule has 0 aliphatic carbocycles. The van der Waals surface area contributed by atoms with E-state index in [0.717, 1.165) is 34.6 Å². The van der Waals surface area contributed by atoms with E-state index in [2.05, 4.69) is 23.9 Å². The van der Waals surface area contributed by atoms with E-state index in [4.69, 9.17) is 34.4 Å². The van der Waals surface area contributed by atoms with E-state index in [1.165, 1.54) is 0 Å². The van der Waals surface area contributed by atoms with E-state index in [1.807, 2.05) is 18.2 Å². The Kier molecular flexibility index (Phi) is 5.04. The molecular formula is C22H27N5O4. The molecule has 0 bridgehead atoms. The van der Waals surface area contributed by atoms with Crippen LogP contribution in [0.2, 0.25) is 0 Å². The van der Waals surface area contributed by atoms with Gasteiger partial charge in [-0.2, -0.15) is 0 Å². The molecule has 4 heterocycles. The Morgan fingerprint density at radius 3 is 3.00 bits per heavy atom. The average Bonchev–Trinajstić information content (AvgIpc) is 3.32. The summed E-state index contributed by atoms with van der Waals surface area (Å²) >= 11 is 0. The number of benzene rings is 1. The number of fused-ring (bicyclic) bond motifs is 2. The van der Waals surface area contributed by atoms with Gasteiger partial charge in [0.15, 0.2) is 17.2 Å². The molecule has 1 saturated heterocycles. The standard InChI is InChI=1S/C22H27N5O4/c1-13-11-29-9-7-27(13)21-16-12-30-22(2,6-8-28-3)18(16)24-20(25-21)14-4-5-15-17(10-14)31-26-19(15)23/h4-5,10,13H,6-9,11-12H2,1-3H3,(H2,23,26)/t13-,22-/m0/s1. The lowest BCUT2D eigenvalue weighted by atomic mass is 9.96. The molecule has 2 atom stereocenters. The van der Waals surface area contributed by atoms with Crippen molar-refractivity contribution in [3.05, 3.63) is 29.5 Å². The lowest BCUT2D eigenvalue weighted by Crippen LogP contribution is -2.44. The van der Waals surface area contributed by atoms with Crippen LogP contribution in [0.15, 0.2) is 22.7 Å². The highest BCUT2D eigenvalue weighted by molar-refractivity contribution is 5.89. The molecule has 1 fully saturated rings. The second-order valence-corrected chi connectivity index (χ2v) is 8.36. The minimum absolute atomic E-state index is 0.211. The van der Waals surface area contributed by atoms with Crippen molar-refractivity contribution in [3.63, 3.8) is 0 Å². The lowest BCUT2D eigenvalue weighted by Gasteiger charge is -2.35. The van der Waals surface area contributed by atoms with Gasteiger partial charge < -0.3 is 29.4 Å². The van der Waals surface area contributed by atoms with Crippen LogP contribution in [0.4, 0.5) is 11.6 Å². The van der Waals surface area contributed by atoms with Gasteiger partial charge in [-0.05, 0) is 26.0 Å². The topological polar surface area (TPSA) is 109 Å². The van der Waals surface area contributed by atoms with Crippen LogP contribution >= 0.6 is 0 Å². The summed E-state index contributed by atoms with van der Waals surface area (Å²) < 4.78 is 22.6. The highest BCUT2D eigenvalue weighted by Gasteiger charge is 2.41. The van der Waals surface area contributed by atoms with Crippen molar-refractivity contribution in [2.75, 3.05) is 44.1 Å². The first kappa shape index (κ1) is 20.2. The average molecular weight is 425 g/mol. The maximum absolute atomic E-state index is 6.26. The van der Waals surface area contributed by atoms with Crippen LogP contribution in [0, 0.1) is 0 Å². The first-order valence-corrected chi connectivity index (χ1v) is 10.5. The summed E-state index contributed by atoms with van der Waals surface area (Å²) in [6.45, 7) is 7.40. The van der Waals surface area contributed by atoms with Crippen LogP contribution in [0.25, 0.3) is 22.4 Å². The molecule has 2 aliphatic heterocycles. The van der Waals surface area contributed by atoms with Gasteiger partial charge in [0.25, 0.3) is 0 Å². The van der Waals surface area contributed by atoms with Gasteiger partial charge >= 0.3 is 0 Å². The van der Waals surface area contributed by atoms with Crippen LogP contribution in [-0.4, -0.2) is 54.6 Å². The molecule has 9 heteroatoms. The first-order valence-electron chi connectivity index (χ1n) is 10.5. The Bertz CT molecular complexity index is 1120. The molecule has 1 aromatic carbocycles. The number of nitrogens with two attached hydrogens (primary N) is 1. The second-order valence-electron chi connectivity index (χ2n) is 8.36. The zero-order valence-electron chi connectivity index (χ0n) is 18.1. The van der Waals surface area contributed by atoms with Crippen molar-refractivity contribution < 1.29 is 18.7 Å². The number of aromatic nitrogens is 3. The molecule has 31 heavy (non-hydrogen) atoms. The van der Waals surface area contributed by atoms with Crippen LogP contribution in [0.1, 0.15) is 31.5 Å². The summed E-state index contributed by atoms with van der Waals surface area (Å²) in [5.74, 6) is 1.91. The molecule has 164 valence electrons. The van der Waals surface area contributed by atoms with Crippen LogP contribution in [-0.2, 0) is 26.4 Å². The highest BCUT2D eigenvalue weighted by atomic mass is 16.5. The number of anilines is 2. The second kappa shape index (κ2) is 7.74. The number of nitrogen functional groups attached to an aromatic ring is 1. The molecule has 5 rings (SSSR count). The lowest BCUT2D eigenvalue weighted by molar-refractivity contribution is -0.0448. The molecule has 0 radical (unpaired) electrons. The third kappa shape index (κ3) is 3.42. The molecule has 3 aromatic rings. The summed E-state index contributed by atoms with van der Waals surface area (Å²) in [5, 5.41) is 4.63. The monoisotopic (exact) mass is 425 g/mol. The SMILES string of the molecule is COCC[C@]1(C)OCc2c(N3CCOC[C@@H]3C)nc(-c3ccc4c(N)noc4c3)nc21. The van der Waals surface area contributed by atoms with E-state index >= 15 is 0 Å². The molecule has 0 unspecified atom stereocenters. The number of hydrogen-bond acceptors (Lipinski definition) is 9. The Balaban J connectivity index is 1.66. The Hall–Kier alpha value is -2.75. The van der Waals surface area contributed by atoms with Gasteiger partial charge in [-0.3, -0.25) is 0 Å². The zero-order chi connectivity index (χ0) is 21.6. The number of rotatable bonds is 5. The van der Waals surface area contributed by atoms with Gasteiger partial charge in [0.2, 0.25) is 0 Å². The smallest absolute Gasteiger partial charge is 0.174 e. The van der Waals surface area contributed by atoms with Crippen LogP contribution in [0.5, 0.6) is 0 Å². The first-order chi connectivity index (χ1) is 15.0. The maximum Gasteiger partial charge on any atom is 0.174 e. The van der Waals surface area contributed by atoms with Crippen molar-refractivity contribution in [2.24, 2.45) is 0 Å². The largest absolute Gasteiger partial charge is 0.385 e. The molecule has 0 spiro atoms. The third-order valence-electron chi connectivity index (χ3n) is 6.20. The Morgan fingerprint density at radius 2 is 2.19 bits per heavy atom. The quantitative estimate of drug-likeness (QED) is 0.660. The maximum atomic E-state index is 6.26. The van der Waals surface area contributed by atoms with Crippen molar-refractivity contribution in [1.82, 2.24) is 15.1 Å². The number of methoxy groups -OCH3 is 1. The van der Waals surface area contributed by atoms with E-state index < -0.39 is 5.60 Å². The number of ether oxygens (including phenoxy) is 3. The highest BCUT2D eigenvalue weighted by Crippen LogP contribution is 2.43. The van der Waals surface area contributed by atoms with Crippen molar-refractivity contribution in [3.8, 4) is 11.4 Å². The summed E-state index contributed by atoms with van der Waals surface area (Å²) in [7, 11) is 1.70. The Morgan fingerprint density at radius 1 is 1.32 bits per heavy atom. The van der Waals surface area contributed by atoms with Gasteiger partial charge in [-0.15, -0.1) is 0 Å². The minimum Gasteiger partial charge on any atom is -0.385 e. The van der Waals surface area contributed by atoms with E-state index in [1.54, 1.807) is 7.11 Å². The van der Waals surface area contributed by atoms with Gasteiger partial charge in [0.1, 0.15) is 11.4 Å². The van der Waals surface area contributed by atoms with Crippen LogP contribution < -0.4 is 10.6 Å². The van der Waals surface area contributed by atoms with Gasteiger partial charge in [0.05, 0.1) is 36.9 Å². The van der Waals surface area contributed by atoms with Gasteiger partial charge in [-0.1, -0.05) is 11.2 Å². The van der Waals surface area contributed by atoms with E-state index in [0.29, 0.717) is 50.1 Å². The fraction of sp³-hybridized carbons (Fsp3) is 0.500. The molecule has 2 N–H and O–H groups in total. The molecule has 0 saturated carbocycles. The predicted octanol–water partition coefficient (Wildman–Crippen LogP) is 2.87. The normalized spacial score (nSPS) is 23.5. The molecule has 2 aromatic heterocycles. The Labute approximate surface area is 180 Å². The van der Waals surface area contributed by atoms with Gasteiger partial charge in [-0.25, -0.2) is 9.97 Å². The van der Waals surface area contributed by atoms with E-state index in [9.17, 15) is 0 Å². The summed E-state index contributed by atoms with van der Waals surface area (Å²) in [6, 6.07) is 5.94. The zero-order valence-corrected chi connectivity index (χ0v) is 18.1. The minimum atomic E-state index is -0.534.